The number of anilines is 1. The van der Waals surface area contributed by atoms with E-state index in [1.807, 2.05) is 43.3 Å². The van der Waals surface area contributed by atoms with Crippen molar-refractivity contribution in [2.45, 2.75) is 18.6 Å². The lowest BCUT2D eigenvalue weighted by atomic mass is 10.1. The summed E-state index contributed by atoms with van der Waals surface area (Å²) in [5.74, 6) is 0.914. The van der Waals surface area contributed by atoms with Crippen LogP contribution in [0, 0.1) is 18.3 Å². The minimum atomic E-state index is -0.176. The van der Waals surface area contributed by atoms with Gasteiger partial charge in [0.1, 0.15) is 5.75 Å². The molecule has 8 heteroatoms. The number of rotatable bonds is 8. The zero-order chi connectivity index (χ0) is 20.6. The number of hydrogen-bond acceptors (Lipinski definition) is 7. The SMILES string of the molecule is COc1ccccc1N(CCC#N)C(=O)CSc1nnc(-c2ccccc2C)o1. The van der Waals surface area contributed by atoms with E-state index in [-0.39, 0.29) is 24.6 Å². The number of para-hydroxylation sites is 2. The van der Waals surface area contributed by atoms with Gasteiger partial charge in [-0.25, -0.2) is 0 Å². The van der Waals surface area contributed by atoms with Crippen LogP contribution in [-0.4, -0.2) is 35.5 Å². The highest BCUT2D eigenvalue weighted by atomic mass is 32.2. The Kier molecular flexibility index (Phi) is 6.87. The van der Waals surface area contributed by atoms with Gasteiger partial charge < -0.3 is 14.1 Å². The Morgan fingerprint density at radius 2 is 1.97 bits per heavy atom. The van der Waals surface area contributed by atoms with E-state index in [0.29, 0.717) is 22.6 Å². The van der Waals surface area contributed by atoms with Crippen LogP contribution in [0.2, 0.25) is 0 Å². The zero-order valence-electron chi connectivity index (χ0n) is 16.2. The first-order valence-corrected chi connectivity index (χ1v) is 9.95. The lowest BCUT2D eigenvalue weighted by Gasteiger charge is -2.23. The van der Waals surface area contributed by atoms with Gasteiger partial charge in [-0.1, -0.05) is 42.1 Å². The van der Waals surface area contributed by atoms with Gasteiger partial charge in [-0.05, 0) is 30.7 Å². The van der Waals surface area contributed by atoms with Gasteiger partial charge in [0.25, 0.3) is 5.22 Å². The molecular weight excluding hydrogens is 388 g/mol. The van der Waals surface area contributed by atoms with Gasteiger partial charge >= 0.3 is 0 Å². The van der Waals surface area contributed by atoms with Crippen LogP contribution in [0.4, 0.5) is 5.69 Å². The van der Waals surface area contributed by atoms with E-state index in [9.17, 15) is 4.79 Å². The molecular formula is C21H20N4O3S. The maximum absolute atomic E-state index is 12.9. The van der Waals surface area contributed by atoms with Crippen molar-refractivity contribution in [3.63, 3.8) is 0 Å². The highest BCUT2D eigenvalue weighted by Gasteiger charge is 2.20. The third kappa shape index (κ3) is 4.95. The smallest absolute Gasteiger partial charge is 0.277 e. The molecule has 0 aliphatic heterocycles. The summed E-state index contributed by atoms with van der Waals surface area (Å²) in [6.45, 7) is 2.24. The van der Waals surface area contributed by atoms with Gasteiger partial charge in [0, 0.05) is 12.1 Å². The van der Waals surface area contributed by atoms with Crippen molar-refractivity contribution >= 4 is 23.4 Å². The molecule has 2 aromatic carbocycles. The van der Waals surface area contributed by atoms with Crippen LogP contribution in [-0.2, 0) is 4.79 Å². The molecule has 1 heterocycles. The number of nitrogens with zero attached hydrogens (tertiary/aromatic N) is 4. The van der Waals surface area contributed by atoms with E-state index < -0.39 is 0 Å². The second-order valence-electron chi connectivity index (χ2n) is 6.10. The van der Waals surface area contributed by atoms with Gasteiger partial charge in [0.2, 0.25) is 11.8 Å². The fourth-order valence-corrected chi connectivity index (χ4v) is 3.42. The number of carbonyl (C=O) groups is 1. The Balaban J connectivity index is 1.72. The standard InChI is InChI=1S/C21H20N4O3S/c1-15-8-3-4-9-16(15)20-23-24-21(28-20)29-14-19(26)25(13-7-12-22)17-10-5-6-11-18(17)27-2/h3-6,8-11H,7,13-14H2,1-2H3. The van der Waals surface area contributed by atoms with Crippen LogP contribution in [0.1, 0.15) is 12.0 Å². The summed E-state index contributed by atoms with van der Waals surface area (Å²) in [5, 5.41) is 17.4. The topological polar surface area (TPSA) is 92.2 Å². The Morgan fingerprint density at radius 1 is 1.21 bits per heavy atom. The van der Waals surface area contributed by atoms with Gasteiger partial charge in [0.15, 0.2) is 0 Å². The highest BCUT2D eigenvalue weighted by Crippen LogP contribution is 2.30. The second-order valence-corrected chi connectivity index (χ2v) is 7.03. The molecule has 0 radical (unpaired) electrons. The summed E-state index contributed by atoms with van der Waals surface area (Å²) in [4.78, 5) is 14.4. The zero-order valence-corrected chi connectivity index (χ0v) is 17.0. The minimum Gasteiger partial charge on any atom is -0.495 e. The number of hydrogen-bond donors (Lipinski definition) is 0. The monoisotopic (exact) mass is 408 g/mol. The van der Waals surface area contributed by atoms with Gasteiger partial charge in [-0.15, -0.1) is 10.2 Å². The van der Waals surface area contributed by atoms with Gasteiger partial charge in [-0.2, -0.15) is 5.26 Å². The van der Waals surface area contributed by atoms with E-state index in [0.717, 1.165) is 22.9 Å². The van der Waals surface area contributed by atoms with E-state index in [1.54, 1.807) is 24.1 Å². The molecule has 0 bridgehead atoms. The Hall–Kier alpha value is -3.31. The van der Waals surface area contributed by atoms with Crippen molar-refractivity contribution in [1.29, 1.82) is 5.26 Å². The van der Waals surface area contributed by atoms with Crippen LogP contribution >= 0.6 is 11.8 Å². The average molecular weight is 408 g/mol. The Bertz CT molecular complexity index is 1030. The van der Waals surface area contributed by atoms with E-state index in [1.165, 1.54) is 0 Å². The molecule has 0 atom stereocenters. The fourth-order valence-electron chi connectivity index (χ4n) is 2.79. The molecule has 3 rings (SSSR count). The summed E-state index contributed by atoms with van der Waals surface area (Å²) in [5.41, 5.74) is 2.52. The van der Waals surface area contributed by atoms with Crippen LogP contribution in [0.15, 0.2) is 58.2 Å². The largest absolute Gasteiger partial charge is 0.495 e. The number of aromatic nitrogens is 2. The summed E-state index contributed by atoms with van der Waals surface area (Å²) in [6, 6.07) is 17.0. The van der Waals surface area contributed by atoms with Crippen LogP contribution < -0.4 is 9.64 Å². The summed E-state index contributed by atoms with van der Waals surface area (Å²) < 4.78 is 11.1. The second kappa shape index (κ2) is 9.75. The number of ether oxygens (including phenoxy) is 1. The number of benzene rings is 2. The molecule has 0 aliphatic rings. The predicted octanol–water partition coefficient (Wildman–Crippen LogP) is 4.09. The van der Waals surface area contributed by atoms with Crippen molar-refractivity contribution in [2.75, 3.05) is 24.3 Å². The lowest BCUT2D eigenvalue weighted by molar-refractivity contribution is -0.116. The van der Waals surface area contributed by atoms with Crippen LogP contribution in [0.3, 0.4) is 0 Å². The van der Waals surface area contributed by atoms with E-state index >= 15 is 0 Å². The van der Waals surface area contributed by atoms with Gasteiger partial charge in [-0.3, -0.25) is 4.79 Å². The van der Waals surface area contributed by atoms with Crippen molar-refractivity contribution < 1.29 is 13.9 Å². The maximum atomic E-state index is 12.9. The number of aryl methyl sites for hydroxylation is 1. The van der Waals surface area contributed by atoms with Crippen molar-refractivity contribution in [2.24, 2.45) is 0 Å². The first kappa shape index (κ1) is 20.4. The number of methoxy groups -OCH3 is 1. The Morgan fingerprint density at radius 3 is 2.72 bits per heavy atom. The molecule has 0 saturated heterocycles. The molecule has 1 amide bonds. The van der Waals surface area contributed by atoms with Crippen molar-refractivity contribution in [3.05, 3.63) is 54.1 Å². The lowest BCUT2D eigenvalue weighted by Crippen LogP contribution is -2.33. The molecule has 3 aromatic rings. The van der Waals surface area contributed by atoms with Crippen molar-refractivity contribution in [1.82, 2.24) is 10.2 Å². The number of amides is 1. The number of nitriles is 1. The molecule has 29 heavy (non-hydrogen) atoms. The molecule has 148 valence electrons. The summed E-state index contributed by atoms with van der Waals surface area (Å²) in [6.07, 6.45) is 0.215. The predicted molar refractivity (Wildman–Crippen MR) is 111 cm³/mol. The van der Waals surface area contributed by atoms with Crippen LogP contribution in [0.25, 0.3) is 11.5 Å². The van der Waals surface area contributed by atoms with Crippen LogP contribution in [0.5, 0.6) is 5.75 Å². The molecule has 1 aromatic heterocycles. The first-order valence-electron chi connectivity index (χ1n) is 8.96. The third-order valence-corrected chi connectivity index (χ3v) is 5.03. The average Bonchev–Trinajstić information content (AvgIpc) is 3.22. The normalized spacial score (nSPS) is 10.4. The van der Waals surface area contributed by atoms with E-state index in [4.69, 9.17) is 14.4 Å². The molecule has 0 spiro atoms. The van der Waals surface area contributed by atoms with Crippen molar-refractivity contribution in [3.8, 4) is 23.3 Å². The number of thioether (sulfide) groups is 1. The molecule has 0 N–H and O–H groups in total. The molecule has 7 nitrogen and oxygen atoms in total. The third-order valence-electron chi connectivity index (χ3n) is 4.23. The molecule has 0 aliphatic carbocycles. The first-order chi connectivity index (χ1) is 14.1. The summed E-state index contributed by atoms with van der Waals surface area (Å²) >= 11 is 1.16. The molecule has 0 saturated carbocycles. The quantitative estimate of drug-likeness (QED) is 0.518. The van der Waals surface area contributed by atoms with E-state index in [2.05, 4.69) is 16.3 Å². The summed E-state index contributed by atoms with van der Waals surface area (Å²) in [7, 11) is 1.55. The Labute approximate surface area is 173 Å². The highest BCUT2D eigenvalue weighted by molar-refractivity contribution is 7.99. The fraction of sp³-hybridized carbons (Fsp3) is 0.238. The maximum Gasteiger partial charge on any atom is 0.277 e. The number of carbonyl (C=O) groups excluding carboxylic acids is 1. The molecule has 0 unspecified atom stereocenters. The minimum absolute atomic E-state index is 0.0961. The van der Waals surface area contributed by atoms with Gasteiger partial charge in [0.05, 0.1) is 31.0 Å². The molecule has 0 fully saturated rings.